The van der Waals surface area contributed by atoms with Gasteiger partial charge in [-0.3, -0.25) is 0 Å². The maximum absolute atomic E-state index is 11.1. The topological polar surface area (TPSA) is 64.3 Å². The molecule has 1 aromatic heterocycles. The van der Waals surface area contributed by atoms with Gasteiger partial charge in [-0.15, -0.1) is 0 Å². The molecule has 1 N–H and O–H groups in total. The molecule has 5 heteroatoms. The second-order valence-corrected chi connectivity index (χ2v) is 5.56. The number of ether oxygens (including phenoxy) is 1. The molecule has 21 heavy (non-hydrogen) atoms. The van der Waals surface area contributed by atoms with Gasteiger partial charge in [0.25, 0.3) is 0 Å². The van der Waals surface area contributed by atoms with Gasteiger partial charge in [0.1, 0.15) is 5.82 Å². The van der Waals surface area contributed by atoms with E-state index in [1.807, 2.05) is 6.07 Å². The second-order valence-electron chi connectivity index (χ2n) is 5.56. The van der Waals surface area contributed by atoms with Crippen LogP contribution in [0.1, 0.15) is 35.9 Å². The highest BCUT2D eigenvalue weighted by Gasteiger charge is 2.17. The number of benzene rings is 1. The fourth-order valence-corrected chi connectivity index (χ4v) is 2.95. The quantitative estimate of drug-likeness (QED) is 0.918. The average molecular weight is 288 g/mol. The summed E-state index contributed by atoms with van der Waals surface area (Å²) in [6, 6.07) is 5.18. The SMILES string of the molecule is CCc1nc2cc(C(=O)O)ccc2n1CCC1CCOC1. The molecular formula is C16H20N2O3. The van der Waals surface area contributed by atoms with E-state index in [-0.39, 0.29) is 0 Å². The summed E-state index contributed by atoms with van der Waals surface area (Å²) in [4.78, 5) is 15.6. The summed E-state index contributed by atoms with van der Waals surface area (Å²) >= 11 is 0. The van der Waals surface area contributed by atoms with E-state index in [4.69, 9.17) is 9.84 Å². The third kappa shape index (κ3) is 2.78. The largest absolute Gasteiger partial charge is 0.478 e. The molecule has 0 bridgehead atoms. The van der Waals surface area contributed by atoms with Crippen LogP contribution in [-0.4, -0.2) is 33.8 Å². The Kier molecular flexibility index (Phi) is 3.92. The lowest BCUT2D eigenvalue weighted by atomic mass is 10.1. The molecule has 2 aromatic rings. The predicted molar refractivity (Wildman–Crippen MR) is 79.6 cm³/mol. The lowest BCUT2D eigenvalue weighted by Gasteiger charge is -2.11. The molecule has 1 aromatic carbocycles. The van der Waals surface area contributed by atoms with Crippen molar-refractivity contribution in [3.63, 3.8) is 0 Å². The lowest BCUT2D eigenvalue weighted by Crippen LogP contribution is -2.08. The minimum atomic E-state index is -0.910. The van der Waals surface area contributed by atoms with Crippen LogP contribution in [0.25, 0.3) is 11.0 Å². The number of carbonyl (C=O) groups is 1. The molecular weight excluding hydrogens is 268 g/mol. The first-order valence-electron chi connectivity index (χ1n) is 7.49. The Balaban J connectivity index is 1.90. The third-order valence-corrected chi connectivity index (χ3v) is 4.18. The Morgan fingerprint density at radius 2 is 2.38 bits per heavy atom. The molecule has 1 atom stereocenters. The van der Waals surface area contributed by atoms with Crippen LogP contribution in [0.3, 0.4) is 0 Å². The molecule has 0 amide bonds. The van der Waals surface area contributed by atoms with Crippen molar-refractivity contribution >= 4 is 17.0 Å². The number of hydrogen-bond acceptors (Lipinski definition) is 3. The molecule has 0 radical (unpaired) electrons. The first kappa shape index (κ1) is 14.1. The summed E-state index contributed by atoms with van der Waals surface area (Å²) in [7, 11) is 0. The van der Waals surface area contributed by atoms with Gasteiger partial charge in [0, 0.05) is 26.2 Å². The Hall–Kier alpha value is -1.88. The number of hydrogen-bond donors (Lipinski definition) is 1. The van der Waals surface area contributed by atoms with Crippen molar-refractivity contribution in [1.29, 1.82) is 0 Å². The number of aromatic nitrogens is 2. The van der Waals surface area contributed by atoms with Crippen molar-refractivity contribution in [2.24, 2.45) is 5.92 Å². The van der Waals surface area contributed by atoms with Crippen LogP contribution >= 0.6 is 0 Å². The molecule has 1 unspecified atom stereocenters. The lowest BCUT2D eigenvalue weighted by molar-refractivity contribution is 0.0697. The summed E-state index contributed by atoms with van der Waals surface area (Å²) in [5.41, 5.74) is 2.09. The van der Waals surface area contributed by atoms with Crippen LogP contribution in [0.5, 0.6) is 0 Å². The number of nitrogens with zero attached hydrogens (tertiary/aromatic N) is 2. The van der Waals surface area contributed by atoms with Crippen LogP contribution in [0.15, 0.2) is 18.2 Å². The highest BCUT2D eigenvalue weighted by molar-refractivity contribution is 5.92. The number of imidazole rings is 1. The van der Waals surface area contributed by atoms with E-state index < -0.39 is 5.97 Å². The van der Waals surface area contributed by atoms with Crippen molar-refractivity contribution in [2.75, 3.05) is 13.2 Å². The molecule has 1 saturated heterocycles. The van der Waals surface area contributed by atoms with Crippen molar-refractivity contribution in [2.45, 2.75) is 32.7 Å². The molecule has 1 aliphatic rings. The van der Waals surface area contributed by atoms with Gasteiger partial charge >= 0.3 is 5.97 Å². The number of aromatic carboxylic acids is 1. The monoisotopic (exact) mass is 288 g/mol. The fraction of sp³-hybridized carbons (Fsp3) is 0.500. The van der Waals surface area contributed by atoms with E-state index in [2.05, 4.69) is 16.5 Å². The minimum Gasteiger partial charge on any atom is -0.478 e. The van der Waals surface area contributed by atoms with Crippen molar-refractivity contribution in [1.82, 2.24) is 9.55 Å². The maximum Gasteiger partial charge on any atom is 0.335 e. The molecule has 0 saturated carbocycles. The van der Waals surface area contributed by atoms with E-state index in [9.17, 15) is 4.79 Å². The van der Waals surface area contributed by atoms with E-state index in [1.165, 1.54) is 0 Å². The fourth-order valence-electron chi connectivity index (χ4n) is 2.95. The van der Waals surface area contributed by atoms with Crippen molar-refractivity contribution in [3.8, 4) is 0 Å². The smallest absolute Gasteiger partial charge is 0.335 e. The minimum absolute atomic E-state index is 0.291. The summed E-state index contributed by atoms with van der Waals surface area (Å²) in [5, 5.41) is 9.08. The van der Waals surface area contributed by atoms with E-state index in [0.29, 0.717) is 11.5 Å². The number of carboxylic acid groups (broad SMARTS) is 1. The second kappa shape index (κ2) is 5.85. The zero-order valence-electron chi connectivity index (χ0n) is 12.2. The first-order valence-corrected chi connectivity index (χ1v) is 7.49. The van der Waals surface area contributed by atoms with Crippen molar-refractivity contribution in [3.05, 3.63) is 29.6 Å². The van der Waals surface area contributed by atoms with Gasteiger partial charge in [0.15, 0.2) is 0 Å². The van der Waals surface area contributed by atoms with Crippen LogP contribution in [0.2, 0.25) is 0 Å². The Bertz CT molecular complexity index is 657. The molecule has 2 heterocycles. The molecule has 1 fully saturated rings. The standard InChI is InChI=1S/C16H20N2O3/c1-2-15-17-13-9-12(16(19)20)3-4-14(13)18(15)7-5-11-6-8-21-10-11/h3-4,9,11H,2,5-8,10H2,1H3,(H,19,20). The van der Waals surface area contributed by atoms with Crippen LogP contribution in [0.4, 0.5) is 0 Å². The molecule has 3 rings (SSSR count). The first-order chi connectivity index (χ1) is 10.2. The predicted octanol–water partition coefficient (Wildman–Crippen LogP) is 2.72. The zero-order valence-corrected chi connectivity index (χ0v) is 12.2. The number of rotatable bonds is 5. The van der Waals surface area contributed by atoms with Crippen LogP contribution in [0, 0.1) is 5.92 Å². The molecule has 5 nitrogen and oxygen atoms in total. The Labute approximate surface area is 123 Å². The van der Waals surface area contributed by atoms with Gasteiger partial charge in [0.05, 0.1) is 16.6 Å². The van der Waals surface area contributed by atoms with Gasteiger partial charge in [-0.05, 0) is 37.0 Å². The summed E-state index contributed by atoms with van der Waals surface area (Å²) < 4.78 is 7.64. The van der Waals surface area contributed by atoms with E-state index >= 15 is 0 Å². The van der Waals surface area contributed by atoms with Gasteiger partial charge in [-0.1, -0.05) is 6.92 Å². The van der Waals surface area contributed by atoms with Gasteiger partial charge in [-0.25, -0.2) is 9.78 Å². The van der Waals surface area contributed by atoms with E-state index in [0.717, 1.165) is 55.9 Å². The third-order valence-electron chi connectivity index (χ3n) is 4.18. The molecule has 112 valence electrons. The van der Waals surface area contributed by atoms with Crippen LogP contribution < -0.4 is 0 Å². The Morgan fingerprint density at radius 1 is 1.52 bits per heavy atom. The zero-order chi connectivity index (χ0) is 14.8. The number of fused-ring (bicyclic) bond motifs is 1. The van der Waals surface area contributed by atoms with Gasteiger partial charge in [0.2, 0.25) is 0 Å². The normalized spacial score (nSPS) is 18.4. The average Bonchev–Trinajstić information content (AvgIpc) is 3.11. The van der Waals surface area contributed by atoms with E-state index in [1.54, 1.807) is 12.1 Å². The molecule has 0 spiro atoms. The van der Waals surface area contributed by atoms with Crippen molar-refractivity contribution < 1.29 is 14.6 Å². The maximum atomic E-state index is 11.1. The van der Waals surface area contributed by atoms with Gasteiger partial charge in [-0.2, -0.15) is 0 Å². The van der Waals surface area contributed by atoms with Gasteiger partial charge < -0.3 is 14.4 Å². The highest BCUT2D eigenvalue weighted by Crippen LogP contribution is 2.22. The summed E-state index contributed by atoms with van der Waals surface area (Å²) in [5.74, 6) is 0.740. The van der Waals surface area contributed by atoms with Crippen LogP contribution in [-0.2, 0) is 17.7 Å². The molecule has 0 aliphatic carbocycles. The highest BCUT2D eigenvalue weighted by atomic mass is 16.5. The summed E-state index contributed by atoms with van der Waals surface area (Å²) in [6.45, 7) is 4.73. The molecule has 1 aliphatic heterocycles. The number of aryl methyl sites for hydroxylation is 2. The summed E-state index contributed by atoms with van der Waals surface area (Å²) in [6.07, 6.45) is 3.06. The Morgan fingerprint density at radius 3 is 3.05 bits per heavy atom. The number of carboxylic acids is 1.